The molecule has 26 heavy (non-hydrogen) atoms. The maximum absolute atomic E-state index is 13.6. The Kier molecular flexibility index (Phi) is 5.99. The number of nitrogens with one attached hydrogen (secondary N) is 2. The molecule has 0 unspecified atom stereocenters. The molecule has 2 amide bonds. The highest BCUT2D eigenvalue weighted by atomic mass is 19.1. The molecule has 0 aromatic heterocycles. The van der Waals surface area contributed by atoms with Crippen LogP contribution in [0.15, 0.2) is 48.5 Å². The molecule has 0 bridgehead atoms. The van der Waals surface area contributed by atoms with E-state index < -0.39 is 22.7 Å². The number of nitrogens with zero attached hydrogens (tertiary/aromatic N) is 1. The highest BCUT2D eigenvalue weighted by Crippen LogP contribution is 2.21. The smallest absolute Gasteiger partial charge is 0.411 e. The normalized spacial score (nSPS) is 10.4. The number of carbonyl (C=O) groups is 2. The number of benzene rings is 2. The number of hydrogen-bond acceptors (Lipinski definition) is 5. The molecule has 0 aliphatic heterocycles. The summed E-state index contributed by atoms with van der Waals surface area (Å²) in [5.41, 5.74) is 0.176. The lowest BCUT2D eigenvalue weighted by Gasteiger charge is -2.08. The Morgan fingerprint density at radius 2 is 1.92 bits per heavy atom. The zero-order valence-corrected chi connectivity index (χ0v) is 13.6. The number of rotatable bonds is 5. The molecule has 0 spiro atoms. The molecule has 2 aromatic carbocycles. The van der Waals surface area contributed by atoms with Gasteiger partial charge >= 0.3 is 6.09 Å². The first-order valence-corrected chi connectivity index (χ1v) is 7.27. The van der Waals surface area contributed by atoms with Crippen molar-refractivity contribution >= 4 is 35.1 Å². The Balaban J connectivity index is 2.12. The van der Waals surface area contributed by atoms with E-state index in [4.69, 9.17) is 0 Å². The van der Waals surface area contributed by atoms with E-state index in [-0.39, 0.29) is 22.6 Å². The molecule has 2 aromatic rings. The van der Waals surface area contributed by atoms with Crippen LogP contribution in [0.2, 0.25) is 0 Å². The Labute approximate surface area is 147 Å². The molecule has 0 aliphatic rings. The summed E-state index contributed by atoms with van der Waals surface area (Å²) in [4.78, 5) is 33.5. The summed E-state index contributed by atoms with van der Waals surface area (Å²) in [5.74, 6) is -1.29. The van der Waals surface area contributed by atoms with Crippen molar-refractivity contribution in [3.05, 3.63) is 70.0 Å². The number of nitro benzene ring substituents is 1. The maximum Gasteiger partial charge on any atom is 0.411 e. The Bertz CT molecular complexity index is 882. The van der Waals surface area contributed by atoms with Gasteiger partial charge in [0.05, 0.1) is 23.3 Å². The second-order valence-electron chi connectivity index (χ2n) is 4.95. The molecular weight excluding hydrogens is 345 g/mol. The predicted molar refractivity (Wildman–Crippen MR) is 93.2 cm³/mol. The van der Waals surface area contributed by atoms with E-state index in [1.807, 2.05) is 0 Å². The van der Waals surface area contributed by atoms with E-state index in [1.165, 1.54) is 36.4 Å². The first-order valence-electron chi connectivity index (χ1n) is 7.27. The minimum atomic E-state index is -0.858. The molecule has 0 heterocycles. The number of methoxy groups -OCH3 is 1. The topological polar surface area (TPSA) is 111 Å². The fraction of sp³-hybridized carbons (Fsp3) is 0.0588. The van der Waals surface area contributed by atoms with Gasteiger partial charge in [0.15, 0.2) is 0 Å². The predicted octanol–water partition coefficient (Wildman–Crippen LogP) is 3.56. The fourth-order valence-electron chi connectivity index (χ4n) is 2.00. The van der Waals surface area contributed by atoms with Crippen LogP contribution in [0.25, 0.3) is 6.08 Å². The number of hydrogen-bond donors (Lipinski definition) is 2. The molecule has 2 rings (SSSR count). The van der Waals surface area contributed by atoms with Crippen LogP contribution < -0.4 is 10.6 Å². The van der Waals surface area contributed by atoms with Crippen molar-refractivity contribution in [2.75, 3.05) is 17.7 Å². The van der Waals surface area contributed by atoms with Crippen molar-refractivity contribution in [3.63, 3.8) is 0 Å². The molecule has 9 heteroatoms. The molecule has 134 valence electrons. The number of halogens is 1. The van der Waals surface area contributed by atoms with Crippen LogP contribution in [-0.2, 0) is 9.53 Å². The monoisotopic (exact) mass is 359 g/mol. The van der Waals surface area contributed by atoms with Crippen molar-refractivity contribution in [1.82, 2.24) is 0 Å². The van der Waals surface area contributed by atoms with Gasteiger partial charge in [-0.25, -0.2) is 9.18 Å². The quantitative estimate of drug-likeness (QED) is 0.482. The van der Waals surface area contributed by atoms with Crippen LogP contribution >= 0.6 is 0 Å². The second-order valence-corrected chi connectivity index (χ2v) is 4.95. The number of anilines is 2. The summed E-state index contributed by atoms with van der Waals surface area (Å²) in [6, 6.07) is 9.52. The number of amides is 2. The highest BCUT2D eigenvalue weighted by molar-refractivity contribution is 6.02. The average Bonchev–Trinajstić information content (AvgIpc) is 2.62. The van der Waals surface area contributed by atoms with Crippen LogP contribution in [0.4, 0.5) is 26.2 Å². The van der Waals surface area contributed by atoms with Crippen molar-refractivity contribution in [1.29, 1.82) is 0 Å². The SMILES string of the molecule is COC(=O)Nc1cc(NC(=O)/C=C/c2ccccc2[N+](=O)[O-])ccc1F. The van der Waals surface area contributed by atoms with Crippen molar-refractivity contribution in [2.24, 2.45) is 0 Å². The third kappa shape index (κ3) is 4.87. The van der Waals surface area contributed by atoms with Crippen molar-refractivity contribution < 1.29 is 23.6 Å². The largest absolute Gasteiger partial charge is 0.453 e. The first kappa shape index (κ1) is 18.6. The van der Waals surface area contributed by atoms with Gasteiger partial charge in [-0.2, -0.15) is 0 Å². The number of para-hydroxylation sites is 1. The molecule has 0 atom stereocenters. The van der Waals surface area contributed by atoms with Gasteiger partial charge in [0.25, 0.3) is 5.69 Å². The highest BCUT2D eigenvalue weighted by Gasteiger charge is 2.11. The van der Waals surface area contributed by atoms with Crippen LogP contribution in [0.5, 0.6) is 0 Å². The molecular formula is C17H14FN3O5. The first-order chi connectivity index (χ1) is 12.4. The summed E-state index contributed by atoms with van der Waals surface area (Å²) < 4.78 is 18.0. The van der Waals surface area contributed by atoms with E-state index >= 15 is 0 Å². The minimum absolute atomic E-state index is 0.136. The molecule has 8 nitrogen and oxygen atoms in total. The Morgan fingerprint density at radius 1 is 1.19 bits per heavy atom. The van der Waals surface area contributed by atoms with Gasteiger partial charge in [-0.1, -0.05) is 12.1 Å². The maximum atomic E-state index is 13.6. The van der Waals surface area contributed by atoms with E-state index in [2.05, 4.69) is 15.4 Å². The van der Waals surface area contributed by atoms with Gasteiger partial charge in [0, 0.05) is 17.8 Å². The zero-order valence-electron chi connectivity index (χ0n) is 13.6. The summed E-state index contributed by atoms with van der Waals surface area (Å²) in [7, 11) is 1.13. The van der Waals surface area contributed by atoms with Crippen LogP contribution in [0.1, 0.15) is 5.56 Å². The molecule has 0 aliphatic carbocycles. The van der Waals surface area contributed by atoms with E-state index in [0.717, 1.165) is 19.3 Å². The standard InChI is InChI=1S/C17H14FN3O5/c1-26-17(23)20-14-10-12(7-8-13(14)18)19-16(22)9-6-11-4-2-3-5-15(11)21(24)25/h2-10H,1H3,(H,19,22)(H,20,23)/b9-6+. The van der Waals surface area contributed by atoms with E-state index in [1.54, 1.807) is 6.07 Å². The minimum Gasteiger partial charge on any atom is -0.453 e. The van der Waals surface area contributed by atoms with Gasteiger partial charge in [-0.05, 0) is 30.3 Å². The molecule has 0 saturated carbocycles. The Hall–Kier alpha value is -3.75. The van der Waals surface area contributed by atoms with Gasteiger partial charge in [-0.3, -0.25) is 20.2 Å². The number of carbonyl (C=O) groups excluding carboxylic acids is 2. The van der Waals surface area contributed by atoms with Gasteiger partial charge < -0.3 is 10.1 Å². The summed E-state index contributed by atoms with van der Waals surface area (Å²) >= 11 is 0. The Morgan fingerprint density at radius 3 is 2.62 bits per heavy atom. The van der Waals surface area contributed by atoms with Crippen LogP contribution in [0.3, 0.4) is 0 Å². The summed E-state index contributed by atoms with van der Waals surface area (Å²) in [6.45, 7) is 0. The summed E-state index contributed by atoms with van der Waals surface area (Å²) in [6.07, 6.45) is 1.55. The molecule has 2 N–H and O–H groups in total. The number of ether oxygens (including phenoxy) is 1. The van der Waals surface area contributed by atoms with E-state index in [9.17, 15) is 24.1 Å². The lowest BCUT2D eigenvalue weighted by atomic mass is 10.1. The van der Waals surface area contributed by atoms with Crippen molar-refractivity contribution in [3.8, 4) is 0 Å². The van der Waals surface area contributed by atoms with Gasteiger partial charge in [0.2, 0.25) is 5.91 Å². The molecule has 0 radical (unpaired) electrons. The average molecular weight is 359 g/mol. The third-order valence-electron chi connectivity index (χ3n) is 3.20. The van der Waals surface area contributed by atoms with Gasteiger partial charge in [0.1, 0.15) is 5.82 Å². The zero-order chi connectivity index (χ0) is 19.1. The number of nitro groups is 1. The third-order valence-corrected chi connectivity index (χ3v) is 3.20. The lowest BCUT2D eigenvalue weighted by Crippen LogP contribution is -2.13. The fourth-order valence-corrected chi connectivity index (χ4v) is 2.00. The molecule has 0 fully saturated rings. The second kappa shape index (κ2) is 8.38. The van der Waals surface area contributed by atoms with E-state index in [0.29, 0.717) is 0 Å². The van der Waals surface area contributed by atoms with Gasteiger partial charge in [-0.15, -0.1) is 0 Å². The van der Waals surface area contributed by atoms with Crippen LogP contribution in [-0.4, -0.2) is 24.0 Å². The lowest BCUT2D eigenvalue weighted by molar-refractivity contribution is -0.385. The van der Waals surface area contributed by atoms with Crippen molar-refractivity contribution in [2.45, 2.75) is 0 Å². The molecule has 0 saturated heterocycles. The van der Waals surface area contributed by atoms with Crippen LogP contribution in [0, 0.1) is 15.9 Å². The summed E-state index contributed by atoms with van der Waals surface area (Å²) in [5, 5.41) is 15.6.